The quantitative estimate of drug-likeness (QED) is 0.143. The number of hydrogen-bond acceptors (Lipinski definition) is 2. The van der Waals surface area contributed by atoms with Gasteiger partial charge in [0, 0.05) is 11.3 Å². The molecule has 0 heterocycles. The Balaban J connectivity index is 3.50. The Labute approximate surface area is 153 Å². The number of nitro groups is 1. The second-order valence-electron chi connectivity index (χ2n) is 5.61. The molecule has 0 unspecified atom stereocenters. The molecule has 0 aromatic carbocycles. The van der Waals surface area contributed by atoms with Gasteiger partial charge in [-0.2, -0.15) is 0 Å². The van der Waals surface area contributed by atoms with E-state index in [1.807, 2.05) is 6.08 Å². The van der Waals surface area contributed by atoms with Gasteiger partial charge in [0.1, 0.15) is 0 Å². The van der Waals surface area contributed by atoms with E-state index in [2.05, 4.69) is 73.8 Å². The van der Waals surface area contributed by atoms with Gasteiger partial charge in [-0.05, 0) is 44.9 Å². The van der Waals surface area contributed by atoms with Crippen LogP contribution in [-0.4, -0.2) is 11.5 Å². The van der Waals surface area contributed by atoms with Crippen LogP contribution in [0.2, 0.25) is 0 Å². The van der Waals surface area contributed by atoms with Crippen molar-refractivity contribution in [3.05, 3.63) is 83.0 Å². The van der Waals surface area contributed by atoms with E-state index in [-0.39, 0.29) is 11.5 Å². The summed E-state index contributed by atoms with van der Waals surface area (Å²) in [6, 6.07) is 0. The zero-order valence-corrected chi connectivity index (χ0v) is 15.6. The maximum absolute atomic E-state index is 10.1. The molecule has 0 aliphatic carbocycles. The van der Waals surface area contributed by atoms with Gasteiger partial charge in [-0.1, -0.05) is 79.8 Å². The Morgan fingerprint density at radius 3 is 1.36 bits per heavy atom. The minimum atomic E-state index is -0.266. The van der Waals surface area contributed by atoms with Gasteiger partial charge >= 0.3 is 0 Å². The number of nitrogens with zero attached hydrogens (tertiary/aromatic N) is 1. The van der Waals surface area contributed by atoms with Crippen LogP contribution < -0.4 is 0 Å². The van der Waals surface area contributed by atoms with Crippen LogP contribution in [-0.2, 0) is 0 Å². The lowest BCUT2D eigenvalue weighted by molar-refractivity contribution is -0.480. The van der Waals surface area contributed by atoms with Gasteiger partial charge in [0.2, 0.25) is 6.54 Å². The SMILES string of the molecule is CC/C=C/C/C=C/C/C=C/C/C=C/C/C=C/C/C=C/CCC[N+](=O)[O-]. The van der Waals surface area contributed by atoms with E-state index in [1.54, 1.807) is 0 Å². The van der Waals surface area contributed by atoms with Crippen LogP contribution in [0.5, 0.6) is 0 Å². The smallest absolute Gasteiger partial charge is 0.204 e. The molecule has 138 valence electrons. The van der Waals surface area contributed by atoms with Gasteiger partial charge < -0.3 is 0 Å². The molecule has 0 saturated carbocycles. The first-order chi connectivity index (χ1) is 12.3. The number of unbranched alkanes of at least 4 members (excludes halogenated alkanes) is 1. The summed E-state index contributed by atoms with van der Waals surface area (Å²) in [6.45, 7) is 2.21. The van der Waals surface area contributed by atoms with Crippen molar-refractivity contribution in [2.45, 2.75) is 58.3 Å². The molecule has 0 amide bonds. The highest BCUT2D eigenvalue weighted by Crippen LogP contribution is 1.97. The van der Waals surface area contributed by atoms with E-state index in [4.69, 9.17) is 0 Å². The molecule has 0 aliphatic heterocycles. The summed E-state index contributed by atoms with van der Waals surface area (Å²) in [5.41, 5.74) is 0. The zero-order chi connectivity index (χ0) is 18.4. The van der Waals surface area contributed by atoms with Crippen molar-refractivity contribution in [2.75, 3.05) is 6.54 Å². The van der Waals surface area contributed by atoms with Crippen molar-refractivity contribution in [3.8, 4) is 0 Å². The lowest BCUT2D eigenvalue weighted by atomic mass is 10.2. The van der Waals surface area contributed by atoms with E-state index in [1.165, 1.54) is 0 Å². The van der Waals surface area contributed by atoms with Gasteiger partial charge in [0.05, 0.1) is 0 Å². The van der Waals surface area contributed by atoms with E-state index in [9.17, 15) is 10.1 Å². The molecular weight excluding hydrogens is 310 g/mol. The Bertz CT molecular complexity index is 482. The lowest BCUT2D eigenvalue weighted by Gasteiger charge is -1.89. The maximum Gasteiger partial charge on any atom is 0.204 e. The van der Waals surface area contributed by atoms with Crippen LogP contribution >= 0.6 is 0 Å². The summed E-state index contributed by atoms with van der Waals surface area (Å²) in [4.78, 5) is 9.88. The number of hydrogen-bond donors (Lipinski definition) is 0. The largest absolute Gasteiger partial charge is 0.265 e. The minimum Gasteiger partial charge on any atom is -0.265 e. The van der Waals surface area contributed by atoms with Crippen LogP contribution in [0.1, 0.15) is 58.3 Å². The predicted octanol–water partition coefficient (Wildman–Crippen LogP) is 6.74. The Morgan fingerprint density at radius 1 is 0.640 bits per heavy atom. The van der Waals surface area contributed by atoms with E-state index >= 15 is 0 Å². The lowest BCUT2D eigenvalue weighted by Crippen LogP contribution is -1.98. The second-order valence-corrected chi connectivity index (χ2v) is 5.61. The maximum atomic E-state index is 10.1. The molecule has 0 radical (unpaired) electrons. The third kappa shape index (κ3) is 21.8. The summed E-state index contributed by atoms with van der Waals surface area (Å²) in [5.74, 6) is 0. The summed E-state index contributed by atoms with van der Waals surface area (Å²) >= 11 is 0. The van der Waals surface area contributed by atoms with Crippen molar-refractivity contribution in [1.82, 2.24) is 0 Å². The molecule has 25 heavy (non-hydrogen) atoms. The first-order valence-corrected chi connectivity index (χ1v) is 9.29. The molecule has 3 heteroatoms. The molecule has 0 fully saturated rings. The van der Waals surface area contributed by atoms with Crippen molar-refractivity contribution in [1.29, 1.82) is 0 Å². The molecule has 0 N–H and O–H groups in total. The highest BCUT2D eigenvalue weighted by Gasteiger charge is 1.92. The Morgan fingerprint density at radius 2 is 1.00 bits per heavy atom. The van der Waals surface area contributed by atoms with Crippen LogP contribution in [0.4, 0.5) is 0 Å². The Hall–Kier alpha value is -2.16. The van der Waals surface area contributed by atoms with Gasteiger partial charge in [-0.15, -0.1) is 0 Å². The highest BCUT2D eigenvalue weighted by atomic mass is 16.6. The van der Waals surface area contributed by atoms with E-state index < -0.39 is 0 Å². The molecule has 3 nitrogen and oxygen atoms in total. The van der Waals surface area contributed by atoms with Crippen LogP contribution in [0.25, 0.3) is 0 Å². The molecule has 0 atom stereocenters. The summed E-state index contributed by atoms with van der Waals surface area (Å²) in [5, 5.41) is 10.1. The molecule has 0 bridgehead atoms. The molecule has 0 rings (SSSR count). The second kappa shape index (κ2) is 19.9. The third-order valence-electron chi connectivity index (χ3n) is 3.31. The molecule has 0 aliphatic rings. The fourth-order valence-corrected chi connectivity index (χ4v) is 1.98. The summed E-state index contributed by atoms with van der Waals surface area (Å²) in [7, 11) is 0. The van der Waals surface area contributed by atoms with Crippen LogP contribution in [0.3, 0.4) is 0 Å². The van der Waals surface area contributed by atoms with Gasteiger partial charge in [0.15, 0.2) is 0 Å². The number of rotatable bonds is 15. The molecule has 0 aromatic rings. The normalized spacial score (nSPS) is 13.0. The van der Waals surface area contributed by atoms with Crippen molar-refractivity contribution < 1.29 is 4.92 Å². The zero-order valence-electron chi connectivity index (χ0n) is 15.6. The fraction of sp³-hybridized carbons (Fsp3) is 0.455. The Kier molecular flexibility index (Phi) is 18.2. The monoisotopic (exact) mass is 343 g/mol. The van der Waals surface area contributed by atoms with Gasteiger partial charge in [-0.25, -0.2) is 0 Å². The van der Waals surface area contributed by atoms with E-state index in [0.717, 1.165) is 44.9 Å². The minimum absolute atomic E-state index is 0.0615. The van der Waals surface area contributed by atoms with Crippen LogP contribution in [0, 0.1) is 10.1 Å². The summed E-state index contributed by atoms with van der Waals surface area (Å²) < 4.78 is 0. The molecule has 0 spiro atoms. The first kappa shape index (κ1) is 22.8. The highest BCUT2D eigenvalue weighted by molar-refractivity contribution is 5.01. The van der Waals surface area contributed by atoms with Crippen LogP contribution in [0.15, 0.2) is 72.9 Å². The number of allylic oxidation sites excluding steroid dienone is 12. The van der Waals surface area contributed by atoms with Gasteiger partial charge in [-0.3, -0.25) is 10.1 Å². The standard InChI is InChI=1S/C22H33NO2/c1-2-3-4-5-6-7-8-9-10-11-12-13-14-15-16-17-18-19-20-21-22-23(24)25/h3-4,6-7,9-10,12-13,15-16,18-19H,2,5,8,11,14,17,20-22H2,1H3/b4-3+,7-6+,10-9+,13-12+,16-15+,19-18+. The predicted molar refractivity (Wildman–Crippen MR) is 109 cm³/mol. The molecule has 0 aromatic heterocycles. The summed E-state index contributed by atoms with van der Waals surface area (Å²) in [6.07, 6.45) is 33.3. The molecular formula is C22H33NO2. The first-order valence-electron chi connectivity index (χ1n) is 9.29. The van der Waals surface area contributed by atoms with E-state index in [0.29, 0.717) is 6.42 Å². The average molecular weight is 344 g/mol. The van der Waals surface area contributed by atoms with Gasteiger partial charge in [0.25, 0.3) is 0 Å². The third-order valence-corrected chi connectivity index (χ3v) is 3.31. The van der Waals surface area contributed by atoms with Crippen molar-refractivity contribution in [2.24, 2.45) is 0 Å². The fourth-order valence-electron chi connectivity index (χ4n) is 1.98. The topological polar surface area (TPSA) is 43.1 Å². The van der Waals surface area contributed by atoms with Crippen molar-refractivity contribution >= 4 is 0 Å². The van der Waals surface area contributed by atoms with Crippen molar-refractivity contribution in [3.63, 3.8) is 0 Å². The molecule has 0 saturated heterocycles. The average Bonchev–Trinajstić information content (AvgIpc) is 2.60.